The minimum atomic E-state index is -0.292. The minimum absolute atomic E-state index is 0.275. The lowest BCUT2D eigenvalue weighted by Crippen LogP contribution is -1.91. The molecular formula is C12H12ClFN2O. The van der Waals surface area contributed by atoms with E-state index < -0.39 is 0 Å². The average Bonchev–Trinajstić information content (AvgIpc) is 2.81. The maximum absolute atomic E-state index is 13.4. The number of alkyl halides is 1. The zero-order valence-electron chi connectivity index (χ0n) is 9.58. The first kappa shape index (κ1) is 12.0. The first-order chi connectivity index (χ1) is 8.11. The Kier molecular flexibility index (Phi) is 3.43. The summed E-state index contributed by atoms with van der Waals surface area (Å²) in [6.07, 6.45) is 0.711. The van der Waals surface area contributed by atoms with Crippen molar-refractivity contribution in [3.05, 3.63) is 35.4 Å². The Hall–Kier alpha value is -1.42. The summed E-state index contributed by atoms with van der Waals surface area (Å²) in [6.45, 7) is 3.63. The zero-order valence-corrected chi connectivity index (χ0v) is 10.3. The van der Waals surface area contributed by atoms with Crippen molar-refractivity contribution in [1.82, 2.24) is 10.1 Å². The second-order valence-electron chi connectivity index (χ2n) is 3.80. The quantitative estimate of drug-likeness (QED) is 0.781. The van der Waals surface area contributed by atoms with Crippen molar-refractivity contribution < 1.29 is 8.91 Å². The third-order valence-electron chi connectivity index (χ3n) is 2.50. The Morgan fingerprint density at radius 1 is 1.47 bits per heavy atom. The van der Waals surface area contributed by atoms with Crippen LogP contribution in [0.1, 0.15) is 30.1 Å². The van der Waals surface area contributed by atoms with Gasteiger partial charge in [-0.3, -0.25) is 0 Å². The summed E-state index contributed by atoms with van der Waals surface area (Å²) in [7, 11) is 0. The van der Waals surface area contributed by atoms with Crippen LogP contribution in [0, 0.1) is 12.7 Å². The van der Waals surface area contributed by atoms with E-state index in [-0.39, 0.29) is 17.1 Å². The minimum Gasteiger partial charge on any atom is -0.334 e. The molecule has 17 heavy (non-hydrogen) atoms. The van der Waals surface area contributed by atoms with Crippen LogP contribution in [0.5, 0.6) is 0 Å². The van der Waals surface area contributed by atoms with Crippen LogP contribution in [-0.4, -0.2) is 10.1 Å². The van der Waals surface area contributed by atoms with Gasteiger partial charge in [-0.25, -0.2) is 4.39 Å². The molecule has 0 aliphatic rings. The number of hydrogen-bond donors (Lipinski definition) is 0. The van der Waals surface area contributed by atoms with E-state index in [1.807, 2.05) is 6.92 Å². The van der Waals surface area contributed by atoms with Gasteiger partial charge in [0.05, 0.1) is 5.38 Å². The van der Waals surface area contributed by atoms with Gasteiger partial charge in [-0.05, 0) is 31.0 Å². The molecule has 2 aromatic rings. The number of nitrogens with zero attached hydrogens (tertiary/aromatic N) is 2. The van der Waals surface area contributed by atoms with Gasteiger partial charge in [0, 0.05) is 5.56 Å². The molecule has 3 nitrogen and oxygen atoms in total. The monoisotopic (exact) mass is 254 g/mol. The molecule has 0 amide bonds. The second kappa shape index (κ2) is 4.84. The summed E-state index contributed by atoms with van der Waals surface area (Å²) >= 11 is 5.99. The Morgan fingerprint density at radius 3 is 2.88 bits per heavy atom. The second-order valence-corrected chi connectivity index (χ2v) is 4.32. The van der Waals surface area contributed by atoms with Gasteiger partial charge in [0.2, 0.25) is 0 Å². The summed E-state index contributed by atoms with van der Waals surface area (Å²) in [5.41, 5.74) is 1.14. The van der Waals surface area contributed by atoms with Crippen molar-refractivity contribution in [3.8, 4) is 11.5 Å². The fourth-order valence-electron chi connectivity index (χ4n) is 1.39. The largest absolute Gasteiger partial charge is 0.334 e. The molecule has 0 saturated heterocycles. The van der Waals surface area contributed by atoms with E-state index >= 15 is 0 Å². The molecule has 2 rings (SSSR count). The highest BCUT2D eigenvalue weighted by Crippen LogP contribution is 2.25. The van der Waals surface area contributed by atoms with Crippen LogP contribution in [0.15, 0.2) is 22.7 Å². The molecule has 0 bridgehead atoms. The molecule has 0 fully saturated rings. The van der Waals surface area contributed by atoms with E-state index in [1.54, 1.807) is 19.1 Å². The number of halogens is 2. The van der Waals surface area contributed by atoms with Gasteiger partial charge in [-0.2, -0.15) is 4.98 Å². The summed E-state index contributed by atoms with van der Waals surface area (Å²) < 4.78 is 18.4. The predicted octanol–water partition coefficient (Wildman–Crippen LogP) is 3.87. The Bertz CT molecular complexity index is 527. The third-order valence-corrected chi connectivity index (χ3v) is 3.00. The van der Waals surface area contributed by atoms with Crippen LogP contribution in [-0.2, 0) is 0 Å². The van der Waals surface area contributed by atoms with E-state index in [1.165, 1.54) is 6.07 Å². The smallest absolute Gasteiger partial charge is 0.258 e. The molecule has 0 saturated carbocycles. The normalized spacial score (nSPS) is 12.7. The molecule has 0 aliphatic heterocycles. The first-order valence-corrected chi connectivity index (χ1v) is 5.79. The molecule has 1 aromatic carbocycles. The summed E-state index contributed by atoms with van der Waals surface area (Å²) in [5, 5.41) is 3.50. The van der Waals surface area contributed by atoms with Gasteiger partial charge in [0.1, 0.15) is 5.82 Å². The average molecular weight is 255 g/mol. The van der Waals surface area contributed by atoms with Crippen molar-refractivity contribution in [3.63, 3.8) is 0 Å². The summed E-state index contributed by atoms with van der Waals surface area (Å²) in [5.74, 6) is 0.434. The Balaban J connectivity index is 2.33. The fourth-order valence-corrected chi connectivity index (χ4v) is 1.48. The lowest BCUT2D eigenvalue weighted by Gasteiger charge is -1.98. The Labute approximate surface area is 104 Å². The molecule has 1 heterocycles. The molecular weight excluding hydrogens is 243 g/mol. The molecule has 90 valence electrons. The van der Waals surface area contributed by atoms with E-state index in [4.69, 9.17) is 16.1 Å². The summed E-state index contributed by atoms with van der Waals surface area (Å²) in [6, 6.07) is 4.79. The first-order valence-electron chi connectivity index (χ1n) is 5.36. The molecule has 1 unspecified atom stereocenters. The molecule has 0 aliphatic carbocycles. The number of aryl methyl sites for hydroxylation is 1. The molecule has 0 spiro atoms. The highest BCUT2D eigenvalue weighted by atomic mass is 35.5. The number of hydrogen-bond acceptors (Lipinski definition) is 3. The van der Waals surface area contributed by atoms with Crippen LogP contribution >= 0.6 is 11.6 Å². The van der Waals surface area contributed by atoms with Crippen LogP contribution in [0.2, 0.25) is 0 Å². The van der Waals surface area contributed by atoms with Crippen molar-refractivity contribution in [2.45, 2.75) is 25.6 Å². The molecule has 1 aromatic heterocycles. The molecule has 5 heteroatoms. The van der Waals surface area contributed by atoms with E-state index in [0.717, 1.165) is 0 Å². The van der Waals surface area contributed by atoms with E-state index in [0.29, 0.717) is 23.4 Å². The topological polar surface area (TPSA) is 38.9 Å². The van der Waals surface area contributed by atoms with E-state index in [9.17, 15) is 4.39 Å². The molecule has 0 radical (unpaired) electrons. The van der Waals surface area contributed by atoms with Crippen molar-refractivity contribution >= 4 is 11.6 Å². The third kappa shape index (κ3) is 2.47. The van der Waals surface area contributed by atoms with Crippen LogP contribution in [0.4, 0.5) is 4.39 Å². The van der Waals surface area contributed by atoms with Gasteiger partial charge >= 0.3 is 0 Å². The van der Waals surface area contributed by atoms with Crippen molar-refractivity contribution in [2.24, 2.45) is 0 Å². The standard InChI is InChI=1S/C12H12ClFN2O/c1-3-9(13)11-15-12(17-16-11)8-5-4-7(2)10(14)6-8/h4-6,9H,3H2,1-2H3. The fraction of sp³-hybridized carbons (Fsp3) is 0.333. The Morgan fingerprint density at radius 2 is 2.24 bits per heavy atom. The van der Waals surface area contributed by atoms with Crippen molar-refractivity contribution in [2.75, 3.05) is 0 Å². The maximum atomic E-state index is 13.4. The number of aromatic nitrogens is 2. The van der Waals surface area contributed by atoms with Crippen LogP contribution < -0.4 is 0 Å². The molecule has 1 atom stereocenters. The SMILES string of the molecule is CCC(Cl)c1noc(-c2ccc(C)c(F)c2)n1. The van der Waals surface area contributed by atoms with Crippen LogP contribution in [0.25, 0.3) is 11.5 Å². The highest BCUT2D eigenvalue weighted by molar-refractivity contribution is 6.20. The van der Waals surface area contributed by atoms with Gasteiger partial charge < -0.3 is 4.52 Å². The zero-order chi connectivity index (χ0) is 12.4. The van der Waals surface area contributed by atoms with Gasteiger partial charge in [-0.1, -0.05) is 18.1 Å². The van der Waals surface area contributed by atoms with Crippen LogP contribution in [0.3, 0.4) is 0 Å². The van der Waals surface area contributed by atoms with Gasteiger partial charge in [-0.15, -0.1) is 11.6 Å². The van der Waals surface area contributed by atoms with Crippen molar-refractivity contribution in [1.29, 1.82) is 0 Å². The predicted molar refractivity (Wildman–Crippen MR) is 63.3 cm³/mol. The highest BCUT2D eigenvalue weighted by Gasteiger charge is 2.15. The number of rotatable bonds is 3. The van der Waals surface area contributed by atoms with Gasteiger partial charge in [0.15, 0.2) is 5.82 Å². The molecule has 0 N–H and O–H groups in total. The summed E-state index contributed by atoms with van der Waals surface area (Å²) in [4.78, 5) is 4.15. The van der Waals surface area contributed by atoms with E-state index in [2.05, 4.69) is 10.1 Å². The lowest BCUT2D eigenvalue weighted by molar-refractivity contribution is 0.421. The van der Waals surface area contributed by atoms with Gasteiger partial charge in [0.25, 0.3) is 5.89 Å². The number of benzene rings is 1. The lowest BCUT2D eigenvalue weighted by atomic mass is 10.1. The maximum Gasteiger partial charge on any atom is 0.258 e.